The van der Waals surface area contributed by atoms with Crippen molar-refractivity contribution in [1.29, 1.82) is 0 Å². The molecule has 0 aliphatic heterocycles. The molecule has 2 aromatic carbocycles. The van der Waals surface area contributed by atoms with Crippen molar-refractivity contribution in [2.45, 2.75) is 26.8 Å². The van der Waals surface area contributed by atoms with Gasteiger partial charge in [0.15, 0.2) is 11.6 Å². The third-order valence-electron chi connectivity index (χ3n) is 5.35. The third-order valence-corrected chi connectivity index (χ3v) is 5.35. The Labute approximate surface area is 196 Å². The lowest BCUT2D eigenvalue weighted by Crippen LogP contribution is -2.19. The maximum Gasteiger partial charge on any atom is 0.323 e. The maximum absolute atomic E-state index is 13.4. The Bertz CT molecular complexity index is 1420. The molecule has 172 valence electrons. The van der Waals surface area contributed by atoms with Gasteiger partial charge in [0, 0.05) is 34.7 Å². The number of ketones is 2. The van der Waals surface area contributed by atoms with Crippen molar-refractivity contribution in [3.8, 4) is 0 Å². The van der Waals surface area contributed by atoms with E-state index in [0.717, 1.165) is 0 Å². The summed E-state index contributed by atoms with van der Waals surface area (Å²) < 4.78 is 1.88. The lowest BCUT2D eigenvalue weighted by molar-refractivity contribution is 0.101. The van der Waals surface area contributed by atoms with Crippen LogP contribution in [0, 0.1) is 0 Å². The zero-order chi connectivity index (χ0) is 24.4. The molecule has 0 radical (unpaired) electrons. The van der Waals surface area contributed by atoms with Crippen molar-refractivity contribution >= 4 is 45.8 Å². The van der Waals surface area contributed by atoms with E-state index in [1.165, 1.54) is 13.3 Å². The molecule has 0 aliphatic rings. The number of nitrogens with two attached hydrogens (primary N) is 1. The molecule has 0 saturated heterocycles. The van der Waals surface area contributed by atoms with Gasteiger partial charge in [-0.3, -0.25) is 9.59 Å². The van der Waals surface area contributed by atoms with Crippen LogP contribution in [0.2, 0.25) is 0 Å². The number of fused-ring (bicyclic) bond motifs is 1. The molecule has 4 rings (SSSR count). The van der Waals surface area contributed by atoms with Gasteiger partial charge in [0.25, 0.3) is 0 Å². The van der Waals surface area contributed by atoms with Crippen LogP contribution < -0.4 is 16.4 Å². The van der Waals surface area contributed by atoms with Gasteiger partial charge >= 0.3 is 6.03 Å². The van der Waals surface area contributed by atoms with Crippen molar-refractivity contribution < 1.29 is 14.4 Å². The fourth-order valence-corrected chi connectivity index (χ4v) is 3.68. The van der Waals surface area contributed by atoms with Gasteiger partial charge in [0.1, 0.15) is 17.8 Å². The molecule has 9 nitrogen and oxygen atoms in total. The number of carbonyl (C=O) groups excluding carboxylic acids is 3. The lowest BCUT2D eigenvalue weighted by atomic mass is 10.0. The summed E-state index contributed by atoms with van der Waals surface area (Å²) in [6, 6.07) is 12.8. The van der Waals surface area contributed by atoms with Gasteiger partial charge in [-0.25, -0.2) is 14.8 Å². The maximum atomic E-state index is 13.4. The van der Waals surface area contributed by atoms with Crippen LogP contribution in [0.5, 0.6) is 0 Å². The Morgan fingerprint density at radius 3 is 2.18 bits per heavy atom. The molecular weight excluding hydrogens is 432 g/mol. The van der Waals surface area contributed by atoms with E-state index < -0.39 is 6.03 Å². The molecule has 0 saturated carbocycles. The average Bonchev–Trinajstić information content (AvgIpc) is 3.20. The number of carbonyl (C=O) groups is 3. The number of amides is 2. The van der Waals surface area contributed by atoms with E-state index in [2.05, 4.69) is 20.6 Å². The number of rotatable bonds is 6. The number of nitrogens with one attached hydrogen (secondary N) is 2. The second-order valence-corrected chi connectivity index (χ2v) is 8.13. The fourth-order valence-electron chi connectivity index (χ4n) is 3.68. The number of urea groups is 1. The zero-order valence-electron chi connectivity index (χ0n) is 19.0. The molecule has 0 aliphatic carbocycles. The van der Waals surface area contributed by atoms with Gasteiger partial charge in [0.05, 0.1) is 10.9 Å². The minimum absolute atomic E-state index is 0.0663. The highest BCUT2D eigenvalue weighted by Gasteiger charge is 2.21. The SMILES string of the molecule is CC(=O)c1cccc(NC(=O)Nc2cccc(C(=O)c3cn(C(C)C)c4ncnc(N)c34)c2)c1. The molecule has 0 fully saturated rings. The second kappa shape index (κ2) is 9.14. The predicted octanol–water partition coefficient (Wildman–Crippen LogP) is 4.67. The molecule has 0 unspecified atom stereocenters. The van der Waals surface area contributed by atoms with Crippen LogP contribution in [0.4, 0.5) is 22.0 Å². The van der Waals surface area contributed by atoms with E-state index in [-0.39, 0.29) is 23.4 Å². The van der Waals surface area contributed by atoms with E-state index in [4.69, 9.17) is 5.73 Å². The Morgan fingerprint density at radius 2 is 1.56 bits per heavy atom. The highest BCUT2D eigenvalue weighted by Crippen LogP contribution is 2.29. The van der Waals surface area contributed by atoms with Crippen molar-refractivity contribution in [2.24, 2.45) is 0 Å². The summed E-state index contributed by atoms with van der Waals surface area (Å²) >= 11 is 0. The summed E-state index contributed by atoms with van der Waals surface area (Å²) in [6.07, 6.45) is 3.11. The first kappa shape index (κ1) is 22.7. The van der Waals surface area contributed by atoms with E-state index in [9.17, 15) is 14.4 Å². The molecule has 0 bridgehead atoms. The molecule has 4 N–H and O–H groups in total. The summed E-state index contributed by atoms with van der Waals surface area (Å²) in [5.74, 6) is -0.126. The first-order valence-electron chi connectivity index (χ1n) is 10.7. The number of nitrogens with zero attached hydrogens (tertiary/aromatic N) is 3. The number of anilines is 3. The smallest absolute Gasteiger partial charge is 0.323 e. The number of Topliss-reactive ketones (excluding diaryl/α,β-unsaturated/α-hetero) is 1. The van der Waals surface area contributed by atoms with E-state index >= 15 is 0 Å². The standard InChI is InChI=1S/C25H24N6O3/c1-14(2)31-12-20(21-23(26)27-13-28-24(21)31)22(33)17-7-5-9-19(11-17)30-25(34)29-18-8-4-6-16(10-18)15(3)32/h4-14H,1-3H3,(H2,26,27,28)(H2,29,30,34). The molecule has 4 aromatic rings. The summed E-state index contributed by atoms with van der Waals surface area (Å²) in [7, 11) is 0. The lowest BCUT2D eigenvalue weighted by Gasteiger charge is -2.09. The van der Waals surface area contributed by atoms with Gasteiger partial charge in [-0.1, -0.05) is 24.3 Å². The number of nitrogen functional groups attached to an aromatic ring is 1. The van der Waals surface area contributed by atoms with Crippen molar-refractivity contribution in [3.05, 3.63) is 77.7 Å². The molecular formula is C25H24N6O3. The van der Waals surface area contributed by atoms with Crippen LogP contribution in [0.3, 0.4) is 0 Å². The van der Waals surface area contributed by atoms with Crippen LogP contribution in [0.25, 0.3) is 11.0 Å². The van der Waals surface area contributed by atoms with E-state index in [0.29, 0.717) is 39.1 Å². The highest BCUT2D eigenvalue weighted by molar-refractivity contribution is 6.18. The van der Waals surface area contributed by atoms with Crippen molar-refractivity contribution in [2.75, 3.05) is 16.4 Å². The summed E-state index contributed by atoms with van der Waals surface area (Å²) in [6.45, 7) is 5.43. The molecule has 0 atom stereocenters. The predicted molar refractivity (Wildman–Crippen MR) is 131 cm³/mol. The Kier molecular flexibility index (Phi) is 6.09. The average molecular weight is 457 g/mol. The first-order chi connectivity index (χ1) is 16.2. The fraction of sp³-hybridized carbons (Fsp3) is 0.160. The summed E-state index contributed by atoms with van der Waals surface area (Å²) in [5, 5.41) is 5.91. The van der Waals surface area contributed by atoms with Gasteiger partial charge in [0.2, 0.25) is 0 Å². The molecule has 34 heavy (non-hydrogen) atoms. The van der Waals surface area contributed by atoms with Crippen LogP contribution in [-0.4, -0.2) is 32.1 Å². The number of benzene rings is 2. The molecule has 9 heteroatoms. The Hall–Kier alpha value is -4.53. The minimum atomic E-state index is -0.501. The van der Waals surface area contributed by atoms with Gasteiger partial charge in [-0.15, -0.1) is 0 Å². The van der Waals surface area contributed by atoms with Crippen LogP contribution in [0.15, 0.2) is 61.1 Å². The molecule has 0 spiro atoms. The normalized spacial score (nSPS) is 10.9. The largest absolute Gasteiger partial charge is 0.383 e. The zero-order valence-corrected chi connectivity index (χ0v) is 19.0. The van der Waals surface area contributed by atoms with Crippen LogP contribution in [0.1, 0.15) is 53.1 Å². The van der Waals surface area contributed by atoms with Gasteiger partial charge in [-0.05, 0) is 45.0 Å². The summed E-state index contributed by atoms with van der Waals surface area (Å²) in [4.78, 5) is 45.8. The Morgan fingerprint density at radius 1 is 0.941 bits per heavy atom. The number of hydrogen-bond donors (Lipinski definition) is 3. The van der Waals surface area contributed by atoms with Crippen molar-refractivity contribution in [3.63, 3.8) is 0 Å². The summed E-state index contributed by atoms with van der Waals surface area (Å²) in [5.41, 5.74) is 8.85. The number of hydrogen-bond acceptors (Lipinski definition) is 6. The Balaban J connectivity index is 1.58. The first-order valence-corrected chi connectivity index (χ1v) is 10.7. The van der Waals surface area contributed by atoms with Gasteiger partial charge < -0.3 is 20.9 Å². The van der Waals surface area contributed by atoms with Crippen LogP contribution in [-0.2, 0) is 0 Å². The van der Waals surface area contributed by atoms with Gasteiger partial charge in [-0.2, -0.15) is 0 Å². The number of aromatic nitrogens is 3. The minimum Gasteiger partial charge on any atom is -0.383 e. The van der Waals surface area contributed by atoms with E-state index in [1.807, 2.05) is 18.4 Å². The van der Waals surface area contributed by atoms with Crippen molar-refractivity contribution in [1.82, 2.24) is 14.5 Å². The molecule has 2 heterocycles. The van der Waals surface area contributed by atoms with Crippen LogP contribution >= 0.6 is 0 Å². The molecule has 2 amide bonds. The van der Waals surface area contributed by atoms with E-state index in [1.54, 1.807) is 54.7 Å². The highest BCUT2D eigenvalue weighted by atomic mass is 16.2. The monoisotopic (exact) mass is 456 g/mol. The quantitative estimate of drug-likeness (QED) is 0.361. The third kappa shape index (κ3) is 4.49. The molecule has 2 aromatic heterocycles. The second-order valence-electron chi connectivity index (χ2n) is 8.13. The topological polar surface area (TPSA) is 132 Å².